The van der Waals surface area contributed by atoms with Gasteiger partial charge in [-0.15, -0.1) is 0 Å². The minimum Gasteiger partial charge on any atom is -0.462 e. The first-order chi connectivity index (χ1) is 14.9. The van der Waals surface area contributed by atoms with Crippen molar-refractivity contribution < 1.29 is 14.3 Å². The summed E-state index contributed by atoms with van der Waals surface area (Å²) in [6, 6.07) is 11.8. The van der Waals surface area contributed by atoms with Crippen LogP contribution in [-0.4, -0.2) is 38.7 Å². The van der Waals surface area contributed by atoms with Crippen LogP contribution in [0.4, 0.5) is 5.13 Å². The normalized spacial score (nSPS) is 11.7. The third kappa shape index (κ3) is 5.89. The molecule has 0 aliphatic rings. The Morgan fingerprint density at radius 2 is 1.87 bits per heavy atom. The van der Waals surface area contributed by atoms with Gasteiger partial charge in [0, 0.05) is 5.56 Å². The van der Waals surface area contributed by atoms with Gasteiger partial charge in [-0.3, -0.25) is 4.79 Å². The number of hydrogen-bond acceptors (Lipinski definition) is 8. The van der Waals surface area contributed by atoms with Crippen LogP contribution in [0.25, 0.3) is 11.3 Å². The fraction of sp³-hybridized carbons (Fsp3) is 0.318. The highest BCUT2D eigenvalue weighted by atomic mass is 32.2. The summed E-state index contributed by atoms with van der Waals surface area (Å²) in [7, 11) is 0. The maximum absolute atomic E-state index is 12.9. The number of nitrogens with zero attached hydrogens (tertiary/aromatic N) is 3. The van der Waals surface area contributed by atoms with Gasteiger partial charge in [0.15, 0.2) is 5.13 Å². The molecule has 9 heteroatoms. The Labute approximate surface area is 189 Å². The summed E-state index contributed by atoms with van der Waals surface area (Å²) < 4.78 is 5.03. The van der Waals surface area contributed by atoms with E-state index in [9.17, 15) is 9.59 Å². The first-order valence-corrected chi connectivity index (χ1v) is 11.6. The minimum atomic E-state index is -0.427. The van der Waals surface area contributed by atoms with E-state index in [0.717, 1.165) is 27.6 Å². The van der Waals surface area contributed by atoms with Gasteiger partial charge in [0.05, 0.1) is 23.2 Å². The number of thioether (sulfide) groups is 1. The second kappa shape index (κ2) is 10.5. The Bertz CT molecular complexity index is 1070. The molecule has 0 radical (unpaired) electrons. The molecule has 0 aliphatic heterocycles. The van der Waals surface area contributed by atoms with Crippen molar-refractivity contribution in [3.63, 3.8) is 0 Å². The lowest BCUT2D eigenvalue weighted by atomic mass is 10.1. The number of benzene rings is 1. The number of thiazole rings is 1. The number of rotatable bonds is 8. The zero-order valence-corrected chi connectivity index (χ0v) is 19.5. The van der Waals surface area contributed by atoms with Gasteiger partial charge >= 0.3 is 5.97 Å². The van der Waals surface area contributed by atoms with Crippen LogP contribution in [0.1, 0.15) is 41.5 Å². The number of anilines is 1. The fourth-order valence-corrected chi connectivity index (χ4v) is 4.70. The second-order valence-electron chi connectivity index (χ2n) is 6.66. The molecule has 1 amide bonds. The summed E-state index contributed by atoms with van der Waals surface area (Å²) >= 11 is 2.51. The molecule has 0 fully saturated rings. The SMILES string of the molecule is CCOC(=O)c1sc(NC(=O)C(CC)Sc2cc(-c3ccccc3)nc(C)n2)nc1C. The molecule has 1 N–H and O–H groups in total. The van der Waals surface area contributed by atoms with Crippen molar-refractivity contribution >= 4 is 40.1 Å². The van der Waals surface area contributed by atoms with E-state index in [-0.39, 0.29) is 17.8 Å². The molecule has 1 atom stereocenters. The van der Waals surface area contributed by atoms with Crippen LogP contribution in [0.3, 0.4) is 0 Å². The molecule has 2 aromatic heterocycles. The molecular weight excluding hydrogens is 432 g/mol. The highest BCUT2D eigenvalue weighted by Gasteiger charge is 2.23. The Balaban J connectivity index is 1.74. The lowest BCUT2D eigenvalue weighted by Gasteiger charge is -2.14. The van der Waals surface area contributed by atoms with Crippen molar-refractivity contribution in [3.8, 4) is 11.3 Å². The van der Waals surface area contributed by atoms with Crippen molar-refractivity contribution in [3.05, 3.63) is 52.8 Å². The van der Waals surface area contributed by atoms with Crippen LogP contribution in [0.15, 0.2) is 41.4 Å². The van der Waals surface area contributed by atoms with Gasteiger partial charge in [0.2, 0.25) is 5.91 Å². The number of hydrogen-bond donors (Lipinski definition) is 1. The van der Waals surface area contributed by atoms with Crippen LogP contribution >= 0.6 is 23.1 Å². The molecule has 162 valence electrons. The summed E-state index contributed by atoms with van der Waals surface area (Å²) in [6.45, 7) is 7.54. The highest BCUT2D eigenvalue weighted by Crippen LogP contribution is 2.29. The van der Waals surface area contributed by atoms with Crippen LogP contribution in [0, 0.1) is 13.8 Å². The lowest BCUT2D eigenvalue weighted by Crippen LogP contribution is -2.24. The van der Waals surface area contributed by atoms with E-state index in [1.54, 1.807) is 13.8 Å². The summed E-state index contributed by atoms with van der Waals surface area (Å²) in [5.41, 5.74) is 2.36. The minimum absolute atomic E-state index is 0.186. The molecule has 3 rings (SSSR count). The van der Waals surface area contributed by atoms with E-state index in [4.69, 9.17) is 4.74 Å². The molecule has 7 nitrogen and oxygen atoms in total. The molecule has 1 unspecified atom stereocenters. The van der Waals surface area contributed by atoms with Gasteiger partial charge < -0.3 is 10.1 Å². The number of amides is 1. The largest absolute Gasteiger partial charge is 0.462 e. The summed E-state index contributed by atoms with van der Waals surface area (Å²) in [6.07, 6.45) is 0.606. The molecular formula is C22H24N4O3S2. The Hall–Kier alpha value is -2.78. The number of aromatic nitrogens is 3. The number of nitrogens with one attached hydrogen (secondary N) is 1. The smallest absolute Gasteiger partial charge is 0.350 e. The molecule has 0 spiro atoms. The standard InChI is InChI=1S/C22H24N4O3S2/c1-5-17(20(27)26-22-23-13(3)19(31-22)21(28)29-6-2)30-18-12-16(24-14(4)25-18)15-10-8-7-9-11-15/h7-12,17H,5-6H2,1-4H3,(H,23,26,27). The monoisotopic (exact) mass is 456 g/mol. The van der Waals surface area contributed by atoms with Gasteiger partial charge in [-0.05, 0) is 33.3 Å². The maximum atomic E-state index is 12.9. The Morgan fingerprint density at radius 1 is 1.13 bits per heavy atom. The van der Waals surface area contributed by atoms with Gasteiger partial charge in [0.25, 0.3) is 0 Å². The summed E-state index contributed by atoms with van der Waals surface area (Å²) in [4.78, 5) is 38.6. The molecule has 1 aromatic carbocycles. The number of esters is 1. The van der Waals surface area contributed by atoms with Crippen LogP contribution in [0.2, 0.25) is 0 Å². The summed E-state index contributed by atoms with van der Waals surface area (Å²) in [5, 5.41) is 3.58. The molecule has 3 aromatic rings. The number of carbonyl (C=O) groups is 2. The molecule has 31 heavy (non-hydrogen) atoms. The van der Waals surface area contributed by atoms with E-state index in [1.807, 2.05) is 50.2 Å². The molecule has 0 aliphatic carbocycles. The first kappa shape index (κ1) is 22.9. The van der Waals surface area contributed by atoms with Gasteiger partial charge in [-0.25, -0.2) is 19.7 Å². The van der Waals surface area contributed by atoms with Crippen molar-refractivity contribution in [1.29, 1.82) is 0 Å². The molecule has 2 heterocycles. The molecule has 0 saturated heterocycles. The average molecular weight is 457 g/mol. The van der Waals surface area contributed by atoms with Gasteiger partial charge in [0.1, 0.15) is 15.7 Å². The quantitative estimate of drug-likeness (QED) is 0.293. The first-order valence-electron chi connectivity index (χ1n) is 9.94. The lowest BCUT2D eigenvalue weighted by molar-refractivity contribution is -0.115. The zero-order chi connectivity index (χ0) is 22.4. The Kier molecular flexibility index (Phi) is 7.75. The van der Waals surface area contributed by atoms with Crippen LogP contribution in [-0.2, 0) is 9.53 Å². The third-order valence-electron chi connectivity index (χ3n) is 4.30. The maximum Gasteiger partial charge on any atom is 0.350 e. The van der Waals surface area contributed by atoms with Crippen molar-refractivity contribution in [2.24, 2.45) is 0 Å². The second-order valence-corrected chi connectivity index (χ2v) is 8.88. The number of aryl methyl sites for hydroxylation is 2. The van der Waals surface area contributed by atoms with Crippen molar-refractivity contribution in [1.82, 2.24) is 15.0 Å². The molecule has 0 saturated carbocycles. The highest BCUT2D eigenvalue weighted by molar-refractivity contribution is 8.00. The van der Waals surface area contributed by atoms with Crippen LogP contribution < -0.4 is 5.32 Å². The van der Waals surface area contributed by atoms with E-state index in [0.29, 0.717) is 27.9 Å². The third-order valence-corrected chi connectivity index (χ3v) is 6.63. The predicted molar refractivity (Wildman–Crippen MR) is 124 cm³/mol. The molecule has 0 bridgehead atoms. The fourth-order valence-electron chi connectivity index (χ4n) is 2.85. The Morgan fingerprint density at radius 3 is 2.55 bits per heavy atom. The van der Waals surface area contributed by atoms with E-state index in [1.165, 1.54) is 11.8 Å². The average Bonchev–Trinajstić information content (AvgIpc) is 3.12. The van der Waals surface area contributed by atoms with E-state index >= 15 is 0 Å². The van der Waals surface area contributed by atoms with E-state index in [2.05, 4.69) is 20.3 Å². The summed E-state index contributed by atoms with van der Waals surface area (Å²) in [5.74, 6) is 0.0345. The number of ether oxygens (including phenoxy) is 1. The van der Waals surface area contributed by atoms with E-state index < -0.39 is 5.97 Å². The van der Waals surface area contributed by atoms with Gasteiger partial charge in [-0.2, -0.15) is 0 Å². The zero-order valence-electron chi connectivity index (χ0n) is 17.8. The topological polar surface area (TPSA) is 94.1 Å². The number of carbonyl (C=O) groups excluding carboxylic acids is 2. The van der Waals surface area contributed by atoms with Crippen LogP contribution in [0.5, 0.6) is 0 Å². The van der Waals surface area contributed by atoms with Crippen molar-refractivity contribution in [2.45, 2.75) is 44.4 Å². The van der Waals surface area contributed by atoms with Gasteiger partial charge in [-0.1, -0.05) is 60.4 Å². The van der Waals surface area contributed by atoms with Crippen molar-refractivity contribution in [2.75, 3.05) is 11.9 Å². The predicted octanol–water partition coefficient (Wildman–Crippen LogP) is 4.90.